The molecule has 0 saturated carbocycles. The normalized spacial score (nSPS) is 21.2. The highest BCUT2D eigenvalue weighted by atomic mass is 16.4. The van der Waals surface area contributed by atoms with Crippen LogP contribution in [0.2, 0.25) is 0 Å². The maximum atomic E-state index is 12.5. The van der Waals surface area contributed by atoms with Crippen molar-refractivity contribution in [3.8, 4) is 0 Å². The van der Waals surface area contributed by atoms with E-state index >= 15 is 0 Å². The highest BCUT2D eigenvalue weighted by Crippen LogP contribution is 2.18. The summed E-state index contributed by atoms with van der Waals surface area (Å²) in [4.78, 5) is 37.2. The number of carbonyl (C=O) groups is 3. The molecule has 0 bridgehead atoms. The molecule has 2 atom stereocenters. The highest BCUT2D eigenvalue weighted by Gasteiger charge is 2.39. The van der Waals surface area contributed by atoms with Crippen molar-refractivity contribution in [3.63, 3.8) is 0 Å². The molecular formula is C14H25N3O5. The zero-order valence-electron chi connectivity index (χ0n) is 13.1. The summed E-state index contributed by atoms with van der Waals surface area (Å²) in [5.74, 6) is -2.57. The van der Waals surface area contributed by atoms with Gasteiger partial charge in [-0.25, -0.2) is 4.79 Å². The summed E-state index contributed by atoms with van der Waals surface area (Å²) < 4.78 is 0. The summed E-state index contributed by atoms with van der Waals surface area (Å²) in [7, 11) is 0. The van der Waals surface area contributed by atoms with Gasteiger partial charge in [0.15, 0.2) is 0 Å². The first kappa shape index (κ1) is 18.2. The molecule has 1 aliphatic heterocycles. The summed E-state index contributed by atoms with van der Waals surface area (Å²) in [6.07, 6.45) is 1.18. The second-order valence-corrected chi connectivity index (χ2v) is 5.93. The van der Waals surface area contributed by atoms with Crippen molar-refractivity contribution >= 4 is 18.0 Å². The van der Waals surface area contributed by atoms with Crippen LogP contribution >= 0.6 is 0 Å². The van der Waals surface area contributed by atoms with Crippen LogP contribution in [-0.2, 0) is 9.59 Å². The Morgan fingerprint density at radius 3 is 2.32 bits per heavy atom. The molecule has 0 unspecified atom stereocenters. The molecule has 0 aromatic heterocycles. The molecule has 8 nitrogen and oxygen atoms in total. The van der Waals surface area contributed by atoms with Gasteiger partial charge in [0, 0.05) is 38.1 Å². The summed E-state index contributed by atoms with van der Waals surface area (Å²) in [5, 5.41) is 17.7. The number of unbranched alkanes of at least 4 members (excludes halogenated alkanes) is 1. The Bertz CT molecular complexity index is 427. The van der Waals surface area contributed by atoms with Crippen molar-refractivity contribution in [2.45, 2.75) is 45.2 Å². The van der Waals surface area contributed by atoms with Crippen LogP contribution in [0.1, 0.15) is 33.1 Å². The van der Waals surface area contributed by atoms with Crippen molar-refractivity contribution < 1.29 is 24.6 Å². The molecule has 4 N–H and O–H groups in total. The number of hydrogen-bond acceptors (Lipinski definition) is 4. The maximum Gasteiger partial charge on any atom is 0.320 e. The SMILES string of the molecule is CC(C)N(CCCCC(=O)O)C(=O)N1C[C@H](N)[C@H](C(=O)O)C1. The number of hydrogen-bond donors (Lipinski definition) is 3. The van der Waals surface area contributed by atoms with E-state index in [2.05, 4.69) is 0 Å². The standard InChI is InChI=1S/C14H25N3O5/c1-9(2)17(6-4-3-5-12(18)19)14(22)16-7-10(13(20)21)11(15)8-16/h9-11H,3-8,15H2,1-2H3,(H,18,19)(H,20,21)/t10-,11+/m1/s1. The quantitative estimate of drug-likeness (QED) is 0.585. The molecule has 2 amide bonds. The Morgan fingerprint density at radius 1 is 1.23 bits per heavy atom. The van der Waals surface area contributed by atoms with Crippen LogP contribution < -0.4 is 5.73 Å². The van der Waals surface area contributed by atoms with Gasteiger partial charge in [-0.3, -0.25) is 9.59 Å². The van der Waals surface area contributed by atoms with Crippen molar-refractivity contribution in [1.29, 1.82) is 0 Å². The van der Waals surface area contributed by atoms with Crippen molar-refractivity contribution in [2.75, 3.05) is 19.6 Å². The number of carboxylic acids is 2. The van der Waals surface area contributed by atoms with Gasteiger partial charge in [0.05, 0.1) is 5.92 Å². The minimum atomic E-state index is -0.986. The molecule has 1 aliphatic rings. The van der Waals surface area contributed by atoms with Crippen LogP contribution in [0.5, 0.6) is 0 Å². The summed E-state index contributed by atoms with van der Waals surface area (Å²) in [6, 6.07) is -0.829. The van der Waals surface area contributed by atoms with Gasteiger partial charge in [0.2, 0.25) is 0 Å². The summed E-state index contributed by atoms with van der Waals surface area (Å²) in [5.41, 5.74) is 5.78. The molecule has 0 spiro atoms. The third kappa shape index (κ3) is 4.87. The van der Waals surface area contributed by atoms with Gasteiger partial charge >= 0.3 is 18.0 Å². The summed E-state index contributed by atoms with van der Waals surface area (Å²) in [6.45, 7) is 4.55. The van der Waals surface area contributed by atoms with Crippen molar-refractivity contribution in [3.05, 3.63) is 0 Å². The molecule has 1 saturated heterocycles. The van der Waals surface area contributed by atoms with E-state index in [1.807, 2.05) is 13.8 Å². The van der Waals surface area contributed by atoms with E-state index in [0.717, 1.165) is 0 Å². The Hall–Kier alpha value is -1.83. The predicted molar refractivity (Wildman–Crippen MR) is 79.4 cm³/mol. The number of rotatable bonds is 7. The minimum absolute atomic E-state index is 0.0440. The van der Waals surface area contributed by atoms with Crippen LogP contribution in [0, 0.1) is 5.92 Å². The second kappa shape index (κ2) is 7.98. The lowest BCUT2D eigenvalue weighted by Gasteiger charge is -2.31. The van der Waals surface area contributed by atoms with E-state index in [-0.39, 0.29) is 31.6 Å². The third-order valence-corrected chi connectivity index (χ3v) is 3.86. The average molecular weight is 315 g/mol. The van der Waals surface area contributed by atoms with Gasteiger partial charge in [-0.15, -0.1) is 0 Å². The Labute approximate surface area is 129 Å². The van der Waals surface area contributed by atoms with Crippen LogP contribution in [0.4, 0.5) is 4.79 Å². The van der Waals surface area contributed by atoms with Gasteiger partial charge < -0.3 is 25.7 Å². The van der Waals surface area contributed by atoms with E-state index in [9.17, 15) is 14.4 Å². The molecule has 22 heavy (non-hydrogen) atoms. The van der Waals surface area contributed by atoms with Crippen LogP contribution in [0.3, 0.4) is 0 Å². The number of amides is 2. The number of carboxylic acid groups (broad SMARTS) is 2. The molecule has 126 valence electrons. The largest absolute Gasteiger partial charge is 0.481 e. The number of aliphatic carboxylic acids is 2. The fraction of sp³-hybridized carbons (Fsp3) is 0.786. The minimum Gasteiger partial charge on any atom is -0.481 e. The zero-order valence-corrected chi connectivity index (χ0v) is 13.1. The maximum absolute atomic E-state index is 12.5. The van der Waals surface area contributed by atoms with Crippen molar-refractivity contribution in [2.24, 2.45) is 11.7 Å². The van der Waals surface area contributed by atoms with Gasteiger partial charge in [-0.2, -0.15) is 0 Å². The summed E-state index contributed by atoms with van der Waals surface area (Å²) >= 11 is 0. The smallest absolute Gasteiger partial charge is 0.320 e. The number of carbonyl (C=O) groups excluding carboxylic acids is 1. The number of nitrogens with two attached hydrogens (primary N) is 1. The molecule has 1 rings (SSSR count). The fourth-order valence-electron chi connectivity index (χ4n) is 2.56. The van der Waals surface area contributed by atoms with E-state index in [0.29, 0.717) is 19.4 Å². The molecule has 8 heteroatoms. The second-order valence-electron chi connectivity index (χ2n) is 5.93. The molecule has 0 aliphatic carbocycles. The molecular weight excluding hydrogens is 290 g/mol. The first-order valence-corrected chi connectivity index (χ1v) is 7.49. The Morgan fingerprint density at radius 2 is 1.86 bits per heavy atom. The molecule has 0 aromatic rings. The van der Waals surface area contributed by atoms with E-state index in [1.54, 1.807) is 4.90 Å². The Kier molecular flexibility index (Phi) is 6.61. The van der Waals surface area contributed by atoms with Gasteiger partial charge in [-0.1, -0.05) is 0 Å². The van der Waals surface area contributed by atoms with Crippen LogP contribution in [0.25, 0.3) is 0 Å². The molecule has 1 heterocycles. The van der Waals surface area contributed by atoms with E-state index in [4.69, 9.17) is 15.9 Å². The number of nitrogens with zero attached hydrogens (tertiary/aromatic N) is 2. The van der Waals surface area contributed by atoms with Gasteiger partial charge in [-0.05, 0) is 26.7 Å². The molecule has 0 radical (unpaired) electrons. The van der Waals surface area contributed by atoms with Gasteiger partial charge in [0.1, 0.15) is 0 Å². The topological polar surface area (TPSA) is 124 Å². The average Bonchev–Trinajstić information content (AvgIpc) is 2.79. The van der Waals surface area contributed by atoms with Crippen LogP contribution in [-0.4, -0.2) is 69.7 Å². The van der Waals surface area contributed by atoms with Gasteiger partial charge in [0.25, 0.3) is 0 Å². The molecule has 0 aromatic carbocycles. The fourth-order valence-corrected chi connectivity index (χ4v) is 2.56. The van der Waals surface area contributed by atoms with Crippen LogP contribution in [0.15, 0.2) is 0 Å². The number of urea groups is 1. The van der Waals surface area contributed by atoms with E-state index in [1.165, 1.54) is 4.90 Å². The first-order valence-electron chi connectivity index (χ1n) is 7.49. The van der Waals surface area contributed by atoms with E-state index < -0.39 is 23.9 Å². The Balaban J connectivity index is 2.58. The first-order chi connectivity index (χ1) is 10.2. The van der Waals surface area contributed by atoms with Crippen molar-refractivity contribution in [1.82, 2.24) is 9.80 Å². The highest BCUT2D eigenvalue weighted by molar-refractivity contribution is 5.78. The monoisotopic (exact) mass is 315 g/mol. The predicted octanol–water partition coefficient (Wildman–Crippen LogP) is 0.415. The third-order valence-electron chi connectivity index (χ3n) is 3.86. The molecule has 1 fully saturated rings. The zero-order chi connectivity index (χ0) is 16.9. The number of likely N-dealkylation sites (tertiary alicyclic amines) is 1. The lowest BCUT2D eigenvalue weighted by molar-refractivity contribution is -0.141. The lowest BCUT2D eigenvalue weighted by atomic mass is 10.1. The lowest BCUT2D eigenvalue weighted by Crippen LogP contribution is -2.46.